The number of amides is 1. The Labute approximate surface area is 138 Å². The lowest BCUT2D eigenvalue weighted by molar-refractivity contribution is -0.146. The van der Waals surface area contributed by atoms with Crippen LogP contribution in [0.1, 0.15) is 6.42 Å². The normalized spacial score (nSPS) is 28.1. The molecule has 1 amide bonds. The topological polar surface area (TPSA) is 101 Å². The summed E-state index contributed by atoms with van der Waals surface area (Å²) < 4.78 is 37.0. The first-order chi connectivity index (χ1) is 11.2. The van der Waals surface area contributed by atoms with E-state index in [1.54, 1.807) is 6.08 Å². The third kappa shape index (κ3) is 2.82. The molecule has 128 valence electrons. The summed E-state index contributed by atoms with van der Waals surface area (Å²) >= 11 is 0. The summed E-state index contributed by atoms with van der Waals surface area (Å²) in [5.74, 6) is -4.48. The molecule has 0 aliphatic heterocycles. The fourth-order valence-corrected chi connectivity index (χ4v) is 4.21. The van der Waals surface area contributed by atoms with Gasteiger partial charge in [-0.3, -0.25) is 9.59 Å². The quantitative estimate of drug-likeness (QED) is 0.634. The van der Waals surface area contributed by atoms with E-state index in [1.807, 2.05) is 6.08 Å². The van der Waals surface area contributed by atoms with Crippen molar-refractivity contribution in [1.82, 2.24) is 0 Å². The van der Waals surface area contributed by atoms with Crippen LogP contribution in [0.25, 0.3) is 0 Å². The van der Waals surface area contributed by atoms with E-state index in [1.165, 1.54) is 0 Å². The number of halogens is 1. The van der Waals surface area contributed by atoms with Gasteiger partial charge in [0.2, 0.25) is 5.91 Å². The van der Waals surface area contributed by atoms with Gasteiger partial charge in [0.1, 0.15) is 5.82 Å². The minimum atomic E-state index is -3.55. The molecule has 8 heteroatoms. The number of hydrogen-bond acceptors (Lipinski definition) is 4. The number of benzene rings is 1. The highest BCUT2D eigenvalue weighted by atomic mass is 32.2. The Balaban J connectivity index is 1.88. The van der Waals surface area contributed by atoms with Crippen molar-refractivity contribution >= 4 is 27.4 Å². The minimum absolute atomic E-state index is 0.123. The number of hydrogen-bond donors (Lipinski definition) is 2. The van der Waals surface area contributed by atoms with Crippen LogP contribution in [0.15, 0.2) is 35.2 Å². The smallest absolute Gasteiger partial charge is 0.307 e. The zero-order valence-corrected chi connectivity index (χ0v) is 13.6. The molecule has 2 aliphatic carbocycles. The number of allylic oxidation sites excluding steroid dienone is 2. The Hall–Kier alpha value is -2.22. The van der Waals surface area contributed by atoms with Crippen LogP contribution >= 0.6 is 0 Å². The highest BCUT2D eigenvalue weighted by Gasteiger charge is 2.51. The first kappa shape index (κ1) is 16.6. The molecule has 3 rings (SSSR count). The SMILES string of the molecule is CS(=O)(=O)c1ccc(F)c(NC(=O)C2C3C=CC(C3)C2C(=O)O)c1. The predicted molar refractivity (Wildman–Crippen MR) is 83.5 cm³/mol. The molecule has 0 spiro atoms. The van der Waals surface area contributed by atoms with E-state index in [-0.39, 0.29) is 22.4 Å². The van der Waals surface area contributed by atoms with Gasteiger partial charge in [-0.1, -0.05) is 12.2 Å². The van der Waals surface area contributed by atoms with Gasteiger partial charge < -0.3 is 10.4 Å². The molecule has 2 bridgehead atoms. The van der Waals surface area contributed by atoms with Crippen molar-refractivity contribution in [2.24, 2.45) is 23.7 Å². The molecule has 1 saturated carbocycles. The molecule has 1 fully saturated rings. The van der Waals surface area contributed by atoms with E-state index in [2.05, 4.69) is 5.32 Å². The number of sulfone groups is 1. The summed E-state index contributed by atoms with van der Waals surface area (Å²) in [6.45, 7) is 0. The molecule has 2 N–H and O–H groups in total. The molecule has 1 aromatic rings. The van der Waals surface area contributed by atoms with Crippen LogP contribution in [0, 0.1) is 29.5 Å². The lowest BCUT2D eigenvalue weighted by Gasteiger charge is -2.24. The van der Waals surface area contributed by atoms with E-state index in [0.29, 0.717) is 6.42 Å². The molecule has 0 heterocycles. The number of carbonyl (C=O) groups excluding carboxylic acids is 1. The van der Waals surface area contributed by atoms with Gasteiger partial charge in [0.05, 0.1) is 22.4 Å². The molecular formula is C16H16FNO5S. The summed E-state index contributed by atoms with van der Waals surface area (Å²) in [5, 5.41) is 11.7. The first-order valence-electron chi connectivity index (χ1n) is 7.40. The Kier molecular flexibility index (Phi) is 3.95. The number of fused-ring (bicyclic) bond motifs is 2. The number of nitrogens with one attached hydrogen (secondary N) is 1. The van der Waals surface area contributed by atoms with Gasteiger partial charge in [-0.05, 0) is 36.5 Å². The average Bonchev–Trinajstić information content (AvgIpc) is 3.08. The molecule has 24 heavy (non-hydrogen) atoms. The van der Waals surface area contributed by atoms with Crippen LogP contribution in [-0.4, -0.2) is 31.7 Å². The lowest BCUT2D eigenvalue weighted by atomic mass is 9.82. The predicted octanol–water partition coefficient (Wildman–Crippen LogP) is 1.69. The lowest BCUT2D eigenvalue weighted by Crippen LogP contribution is -2.36. The highest BCUT2D eigenvalue weighted by Crippen LogP contribution is 2.48. The summed E-state index contributed by atoms with van der Waals surface area (Å²) in [4.78, 5) is 23.8. The Morgan fingerprint density at radius 1 is 1.21 bits per heavy atom. The standard InChI is InChI=1S/C16H16FNO5S/c1-24(22,23)10-4-5-11(17)12(7-10)18-15(19)13-8-2-3-9(6-8)14(13)16(20)21/h2-5,7-9,13-14H,6H2,1H3,(H,18,19)(H,20,21). The molecule has 4 unspecified atom stereocenters. The minimum Gasteiger partial charge on any atom is -0.481 e. The largest absolute Gasteiger partial charge is 0.481 e. The zero-order valence-electron chi connectivity index (χ0n) is 12.8. The second-order valence-electron chi connectivity index (χ2n) is 6.24. The van der Waals surface area contributed by atoms with Crippen LogP contribution in [0.4, 0.5) is 10.1 Å². The van der Waals surface area contributed by atoms with E-state index >= 15 is 0 Å². The third-order valence-corrected chi connectivity index (χ3v) is 5.78. The molecule has 2 aliphatic rings. The van der Waals surface area contributed by atoms with Crippen molar-refractivity contribution < 1.29 is 27.5 Å². The molecule has 4 atom stereocenters. The fraction of sp³-hybridized carbons (Fsp3) is 0.375. The van der Waals surface area contributed by atoms with E-state index in [0.717, 1.165) is 24.5 Å². The summed E-state index contributed by atoms with van der Waals surface area (Å²) in [7, 11) is -3.55. The molecule has 0 saturated heterocycles. The van der Waals surface area contributed by atoms with Crippen molar-refractivity contribution in [2.45, 2.75) is 11.3 Å². The van der Waals surface area contributed by atoms with Crippen molar-refractivity contribution in [3.63, 3.8) is 0 Å². The Bertz CT molecular complexity index is 848. The Morgan fingerprint density at radius 3 is 2.42 bits per heavy atom. The van der Waals surface area contributed by atoms with Crippen molar-refractivity contribution in [3.8, 4) is 0 Å². The summed E-state index contributed by atoms with van der Waals surface area (Å²) in [5.41, 5.74) is -0.265. The van der Waals surface area contributed by atoms with Gasteiger partial charge in [-0.2, -0.15) is 0 Å². The van der Waals surface area contributed by atoms with Gasteiger partial charge in [-0.15, -0.1) is 0 Å². The fourth-order valence-electron chi connectivity index (χ4n) is 3.56. The van der Waals surface area contributed by atoms with Crippen LogP contribution in [0.5, 0.6) is 0 Å². The van der Waals surface area contributed by atoms with Crippen LogP contribution in [0.2, 0.25) is 0 Å². The second kappa shape index (κ2) is 5.70. The van der Waals surface area contributed by atoms with Gasteiger partial charge in [-0.25, -0.2) is 12.8 Å². The molecular weight excluding hydrogens is 337 g/mol. The molecule has 1 aromatic carbocycles. The monoisotopic (exact) mass is 353 g/mol. The summed E-state index contributed by atoms with van der Waals surface area (Å²) in [6, 6.07) is 3.11. The Morgan fingerprint density at radius 2 is 1.83 bits per heavy atom. The van der Waals surface area contributed by atoms with Crippen molar-refractivity contribution in [2.75, 3.05) is 11.6 Å². The van der Waals surface area contributed by atoms with Gasteiger partial charge in [0, 0.05) is 6.26 Å². The number of carboxylic acids is 1. The third-order valence-electron chi connectivity index (χ3n) is 4.67. The number of rotatable bonds is 4. The molecule has 6 nitrogen and oxygen atoms in total. The first-order valence-corrected chi connectivity index (χ1v) is 9.29. The van der Waals surface area contributed by atoms with Crippen molar-refractivity contribution in [3.05, 3.63) is 36.2 Å². The highest BCUT2D eigenvalue weighted by molar-refractivity contribution is 7.90. The molecule has 0 aromatic heterocycles. The number of anilines is 1. The average molecular weight is 353 g/mol. The van der Waals surface area contributed by atoms with Gasteiger partial charge in [0.25, 0.3) is 0 Å². The van der Waals surface area contributed by atoms with Crippen LogP contribution < -0.4 is 5.32 Å². The van der Waals surface area contributed by atoms with Gasteiger partial charge in [0.15, 0.2) is 9.84 Å². The summed E-state index contributed by atoms with van der Waals surface area (Å²) in [6.07, 6.45) is 5.18. The number of carbonyl (C=O) groups is 2. The van der Waals surface area contributed by atoms with E-state index in [9.17, 15) is 27.5 Å². The second-order valence-corrected chi connectivity index (χ2v) is 8.26. The van der Waals surface area contributed by atoms with Gasteiger partial charge >= 0.3 is 5.97 Å². The maximum atomic E-state index is 13.9. The van der Waals surface area contributed by atoms with E-state index in [4.69, 9.17) is 0 Å². The van der Waals surface area contributed by atoms with Crippen LogP contribution in [-0.2, 0) is 19.4 Å². The van der Waals surface area contributed by atoms with Crippen LogP contribution in [0.3, 0.4) is 0 Å². The van der Waals surface area contributed by atoms with E-state index < -0.39 is 39.4 Å². The van der Waals surface area contributed by atoms with Crippen molar-refractivity contribution in [1.29, 1.82) is 0 Å². The maximum absolute atomic E-state index is 13.9. The molecule has 0 radical (unpaired) electrons. The number of carboxylic acid groups (broad SMARTS) is 1. The number of aliphatic carboxylic acids is 1. The zero-order chi connectivity index (χ0) is 17.6. The maximum Gasteiger partial charge on any atom is 0.307 e.